The summed E-state index contributed by atoms with van der Waals surface area (Å²) >= 11 is 0. The molecule has 6 rings (SSSR count). The van der Waals surface area contributed by atoms with Gasteiger partial charge in [-0.1, -0.05) is 42.5 Å². The third kappa shape index (κ3) is 2.64. The SMILES string of the molecule is CC1(C)O[C@@H]2[C@H](O1)[C@@H](c1ccc3ccccc3c1)C[C@H]2n1ccc2c(N)ncnc21. The second-order valence-corrected chi connectivity index (χ2v) is 8.80. The number of benzene rings is 2. The number of nitrogen functional groups attached to an aromatic ring is 1. The van der Waals surface area contributed by atoms with E-state index in [1.165, 1.54) is 22.7 Å². The Morgan fingerprint density at radius 3 is 2.67 bits per heavy atom. The largest absolute Gasteiger partial charge is 0.383 e. The number of nitrogens with zero attached hydrogens (tertiary/aromatic N) is 3. The molecule has 6 heteroatoms. The van der Waals surface area contributed by atoms with Crippen molar-refractivity contribution in [3.05, 3.63) is 66.6 Å². The lowest BCUT2D eigenvalue weighted by atomic mass is 9.93. The second kappa shape index (κ2) is 6.27. The molecule has 0 amide bonds. The predicted octanol–water partition coefficient (Wildman–Crippen LogP) is 4.42. The van der Waals surface area contributed by atoms with Crippen LogP contribution in [0.3, 0.4) is 0 Å². The van der Waals surface area contributed by atoms with Crippen molar-refractivity contribution in [2.24, 2.45) is 0 Å². The minimum absolute atomic E-state index is 0.0113. The normalized spacial score (nSPS) is 27.7. The van der Waals surface area contributed by atoms with Crippen molar-refractivity contribution in [2.75, 3.05) is 5.73 Å². The molecule has 2 fully saturated rings. The third-order valence-electron chi connectivity index (χ3n) is 6.53. The minimum Gasteiger partial charge on any atom is -0.383 e. The predicted molar refractivity (Wildman–Crippen MR) is 116 cm³/mol. The van der Waals surface area contributed by atoms with E-state index in [1.807, 2.05) is 19.9 Å². The molecule has 30 heavy (non-hydrogen) atoms. The maximum atomic E-state index is 6.42. The van der Waals surface area contributed by atoms with E-state index in [2.05, 4.69) is 63.2 Å². The first kappa shape index (κ1) is 17.9. The molecular formula is C24H24N4O2. The Labute approximate surface area is 174 Å². The van der Waals surface area contributed by atoms with Crippen molar-refractivity contribution in [3.63, 3.8) is 0 Å². The fourth-order valence-electron chi connectivity index (χ4n) is 5.25. The van der Waals surface area contributed by atoms with Gasteiger partial charge in [0.25, 0.3) is 0 Å². The summed E-state index contributed by atoms with van der Waals surface area (Å²) < 4.78 is 15.0. The summed E-state index contributed by atoms with van der Waals surface area (Å²) in [4.78, 5) is 8.64. The first-order valence-electron chi connectivity index (χ1n) is 10.4. The zero-order valence-electron chi connectivity index (χ0n) is 17.0. The average Bonchev–Trinajstić information content (AvgIpc) is 3.39. The van der Waals surface area contributed by atoms with Crippen LogP contribution in [0.15, 0.2) is 61.1 Å². The van der Waals surface area contributed by atoms with Crippen LogP contribution in [0.2, 0.25) is 0 Å². The molecule has 1 saturated carbocycles. The van der Waals surface area contributed by atoms with Crippen LogP contribution >= 0.6 is 0 Å². The van der Waals surface area contributed by atoms with E-state index >= 15 is 0 Å². The van der Waals surface area contributed by atoms with E-state index in [0.717, 1.165) is 17.5 Å². The Morgan fingerprint density at radius 2 is 1.80 bits per heavy atom. The smallest absolute Gasteiger partial charge is 0.163 e. The molecule has 1 aliphatic heterocycles. The van der Waals surface area contributed by atoms with Gasteiger partial charge in [0.15, 0.2) is 5.79 Å². The summed E-state index contributed by atoms with van der Waals surface area (Å²) in [7, 11) is 0. The van der Waals surface area contributed by atoms with E-state index in [0.29, 0.717) is 5.82 Å². The van der Waals surface area contributed by atoms with Gasteiger partial charge in [-0.15, -0.1) is 0 Å². The topological polar surface area (TPSA) is 75.2 Å². The number of hydrogen-bond acceptors (Lipinski definition) is 5. The Bertz CT molecular complexity index is 1260. The molecule has 1 saturated heterocycles. The van der Waals surface area contributed by atoms with Crippen molar-refractivity contribution in [1.29, 1.82) is 0 Å². The number of aromatic nitrogens is 3. The Kier molecular flexibility index (Phi) is 3.73. The summed E-state index contributed by atoms with van der Waals surface area (Å²) in [5, 5.41) is 3.38. The molecule has 3 heterocycles. The van der Waals surface area contributed by atoms with Gasteiger partial charge in [-0.25, -0.2) is 9.97 Å². The maximum Gasteiger partial charge on any atom is 0.163 e. The molecule has 0 spiro atoms. The number of anilines is 1. The molecule has 0 bridgehead atoms. The zero-order valence-corrected chi connectivity index (χ0v) is 17.0. The molecule has 1 aliphatic carbocycles. The molecular weight excluding hydrogens is 376 g/mol. The molecule has 0 unspecified atom stereocenters. The van der Waals surface area contributed by atoms with Crippen LogP contribution in [0.25, 0.3) is 21.8 Å². The number of hydrogen-bond donors (Lipinski definition) is 1. The highest BCUT2D eigenvalue weighted by Crippen LogP contribution is 2.51. The van der Waals surface area contributed by atoms with Crippen molar-refractivity contribution in [3.8, 4) is 0 Å². The van der Waals surface area contributed by atoms with Crippen LogP contribution in [0, 0.1) is 0 Å². The first-order chi connectivity index (χ1) is 14.5. The van der Waals surface area contributed by atoms with Crippen LogP contribution in [0.4, 0.5) is 5.82 Å². The molecule has 0 radical (unpaired) electrons. The van der Waals surface area contributed by atoms with Gasteiger partial charge in [0, 0.05) is 12.1 Å². The molecule has 2 aromatic carbocycles. The van der Waals surface area contributed by atoms with Gasteiger partial charge in [0.05, 0.1) is 17.5 Å². The number of nitrogens with two attached hydrogens (primary N) is 1. The number of rotatable bonds is 2. The van der Waals surface area contributed by atoms with E-state index in [9.17, 15) is 0 Å². The molecule has 6 nitrogen and oxygen atoms in total. The maximum absolute atomic E-state index is 6.42. The minimum atomic E-state index is -0.611. The van der Waals surface area contributed by atoms with Gasteiger partial charge in [-0.05, 0) is 42.7 Å². The summed E-state index contributed by atoms with van der Waals surface area (Å²) in [5.74, 6) is 0.131. The summed E-state index contributed by atoms with van der Waals surface area (Å²) in [5.41, 5.74) is 8.20. The Balaban J connectivity index is 1.45. The van der Waals surface area contributed by atoms with E-state index in [-0.39, 0.29) is 24.2 Å². The second-order valence-electron chi connectivity index (χ2n) is 8.80. The van der Waals surface area contributed by atoms with Gasteiger partial charge in [0.2, 0.25) is 0 Å². The lowest BCUT2D eigenvalue weighted by Gasteiger charge is -2.24. The molecule has 2 aromatic heterocycles. The number of fused-ring (bicyclic) bond motifs is 3. The van der Waals surface area contributed by atoms with Crippen LogP contribution in [0.1, 0.15) is 37.8 Å². The van der Waals surface area contributed by atoms with Crippen LogP contribution < -0.4 is 5.73 Å². The van der Waals surface area contributed by atoms with Gasteiger partial charge in [-0.3, -0.25) is 0 Å². The van der Waals surface area contributed by atoms with Crippen LogP contribution in [0.5, 0.6) is 0 Å². The summed E-state index contributed by atoms with van der Waals surface area (Å²) in [6, 6.07) is 17.3. The lowest BCUT2D eigenvalue weighted by Crippen LogP contribution is -2.27. The summed E-state index contributed by atoms with van der Waals surface area (Å²) in [6.07, 6.45) is 4.43. The Hall–Kier alpha value is -2.96. The monoisotopic (exact) mass is 400 g/mol. The fraction of sp³-hybridized carbons (Fsp3) is 0.333. The highest BCUT2D eigenvalue weighted by atomic mass is 16.8. The summed E-state index contributed by atoms with van der Waals surface area (Å²) in [6.45, 7) is 3.99. The van der Waals surface area contributed by atoms with E-state index < -0.39 is 5.79 Å². The van der Waals surface area contributed by atoms with Gasteiger partial charge in [-0.2, -0.15) is 0 Å². The zero-order chi connectivity index (χ0) is 20.5. The van der Waals surface area contributed by atoms with Gasteiger partial charge in [0.1, 0.15) is 23.9 Å². The first-order valence-corrected chi connectivity index (χ1v) is 10.4. The molecule has 4 atom stereocenters. The van der Waals surface area contributed by atoms with E-state index in [4.69, 9.17) is 15.2 Å². The molecule has 4 aromatic rings. The van der Waals surface area contributed by atoms with Crippen molar-refractivity contribution in [1.82, 2.24) is 14.5 Å². The van der Waals surface area contributed by atoms with Crippen molar-refractivity contribution >= 4 is 27.6 Å². The quantitative estimate of drug-likeness (QED) is 0.539. The van der Waals surface area contributed by atoms with Crippen molar-refractivity contribution in [2.45, 2.75) is 50.2 Å². The third-order valence-corrected chi connectivity index (χ3v) is 6.53. The molecule has 2 aliphatic rings. The standard InChI is InChI=1S/C24H24N4O2/c1-24(2)29-20-18(16-8-7-14-5-3-4-6-15(14)11-16)12-19(21(20)30-24)28-10-9-17-22(25)26-13-27-23(17)28/h3-11,13,18-21H,12H2,1-2H3,(H2,25,26,27)/t18-,19-,20-,21+/m1/s1. The van der Waals surface area contributed by atoms with Crippen LogP contribution in [-0.2, 0) is 9.47 Å². The van der Waals surface area contributed by atoms with Gasteiger partial charge < -0.3 is 19.8 Å². The molecule has 152 valence electrons. The molecule has 2 N–H and O–H groups in total. The van der Waals surface area contributed by atoms with Gasteiger partial charge >= 0.3 is 0 Å². The Morgan fingerprint density at radius 1 is 1.00 bits per heavy atom. The van der Waals surface area contributed by atoms with Crippen LogP contribution in [-0.4, -0.2) is 32.5 Å². The highest BCUT2D eigenvalue weighted by Gasteiger charge is 2.55. The lowest BCUT2D eigenvalue weighted by molar-refractivity contribution is -0.157. The van der Waals surface area contributed by atoms with Crippen molar-refractivity contribution < 1.29 is 9.47 Å². The highest BCUT2D eigenvalue weighted by molar-refractivity contribution is 5.86. The number of ether oxygens (including phenoxy) is 2. The average molecular weight is 400 g/mol. The fourth-order valence-corrected chi connectivity index (χ4v) is 5.25. The van der Waals surface area contributed by atoms with E-state index in [1.54, 1.807) is 0 Å².